The lowest BCUT2D eigenvalue weighted by Crippen LogP contribution is -2.32. The molecule has 2 N–H and O–H groups in total. The van der Waals surface area contributed by atoms with Gasteiger partial charge in [0.05, 0.1) is 16.3 Å². The Labute approximate surface area is 178 Å². The van der Waals surface area contributed by atoms with Crippen molar-refractivity contribution in [3.8, 4) is 17.3 Å². The molecule has 1 aliphatic rings. The first-order chi connectivity index (χ1) is 14.4. The molecule has 1 fully saturated rings. The fraction of sp³-hybridized carbons (Fsp3) is 0.364. The normalized spacial score (nSPS) is 14.4. The van der Waals surface area contributed by atoms with Crippen molar-refractivity contribution in [2.45, 2.75) is 51.5 Å². The minimum atomic E-state index is -0.259. The molecule has 4 rings (SSSR count). The summed E-state index contributed by atoms with van der Waals surface area (Å²) in [4.78, 5) is 30.3. The Balaban J connectivity index is 1.79. The molecule has 2 aromatic heterocycles. The number of nitrogens with zero attached hydrogens (tertiary/aromatic N) is 3. The Kier molecular flexibility index (Phi) is 5.35. The summed E-state index contributed by atoms with van der Waals surface area (Å²) in [5, 5.41) is 15.5. The van der Waals surface area contributed by atoms with Crippen LogP contribution in [-0.4, -0.2) is 26.5 Å². The van der Waals surface area contributed by atoms with Crippen LogP contribution >= 0.6 is 11.6 Å². The van der Waals surface area contributed by atoms with Crippen LogP contribution in [0.1, 0.15) is 66.9 Å². The number of fused-ring (bicyclic) bond motifs is 1. The van der Waals surface area contributed by atoms with Crippen molar-refractivity contribution in [3.63, 3.8) is 0 Å². The number of rotatable bonds is 4. The average molecular weight is 424 g/mol. The quantitative estimate of drug-likeness (QED) is 0.661. The predicted octanol–water partition coefficient (Wildman–Crippen LogP) is 4.01. The predicted molar refractivity (Wildman–Crippen MR) is 115 cm³/mol. The molecule has 30 heavy (non-hydrogen) atoms. The number of hydrogen-bond acceptors (Lipinski definition) is 4. The molecule has 1 aliphatic carbocycles. The largest absolute Gasteiger partial charge is 0.349 e. The van der Waals surface area contributed by atoms with Crippen molar-refractivity contribution >= 4 is 23.2 Å². The number of carbonyl (C=O) groups excluding carboxylic acids is 1. The molecular formula is C22H22ClN5O2. The van der Waals surface area contributed by atoms with E-state index in [-0.39, 0.29) is 34.6 Å². The fourth-order valence-corrected chi connectivity index (χ4v) is 4.30. The van der Waals surface area contributed by atoms with E-state index in [0.717, 1.165) is 25.7 Å². The summed E-state index contributed by atoms with van der Waals surface area (Å²) in [7, 11) is 0. The van der Waals surface area contributed by atoms with Gasteiger partial charge in [0.15, 0.2) is 5.65 Å². The summed E-state index contributed by atoms with van der Waals surface area (Å²) in [5.74, 6) is -0.293. The molecule has 0 radical (unpaired) electrons. The number of aromatic nitrogens is 3. The van der Waals surface area contributed by atoms with Crippen LogP contribution in [0.4, 0.5) is 0 Å². The van der Waals surface area contributed by atoms with Crippen molar-refractivity contribution in [1.29, 1.82) is 5.26 Å². The number of amides is 1. The first-order valence-electron chi connectivity index (χ1n) is 10.1. The molecule has 7 nitrogen and oxygen atoms in total. The number of aromatic amines is 1. The molecular weight excluding hydrogens is 402 g/mol. The lowest BCUT2D eigenvalue weighted by atomic mass is 9.97. The van der Waals surface area contributed by atoms with Crippen molar-refractivity contribution in [3.05, 3.63) is 56.5 Å². The number of H-pyrrole nitrogens is 1. The van der Waals surface area contributed by atoms with Gasteiger partial charge in [-0.2, -0.15) is 5.26 Å². The number of nitriles is 1. The van der Waals surface area contributed by atoms with Crippen LogP contribution in [0.5, 0.6) is 0 Å². The van der Waals surface area contributed by atoms with Crippen LogP contribution in [0.25, 0.3) is 16.9 Å². The molecule has 0 saturated heterocycles. The van der Waals surface area contributed by atoms with Gasteiger partial charge in [-0.25, -0.2) is 9.50 Å². The Hall–Kier alpha value is -3.11. The summed E-state index contributed by atoms with van der Waals surface area (Å²) in [5.41, 5.74) is 2.30. The molecule has 0 atom stereocenters. The van der Waals surface area contributed by atoms with Gasteiger partial charge in [-0.3, -0.25) is 14.7 Å². The van der Waals surface area contributed by atoms with Crippen molar-refractivity contribution < 1.29 is 4.79 Å². The van der Waals surface area contributed by atoms with Crippen LogP contribution in [0, 0.1) is 11.3 Å². The molecule has 2 heterocycles. The molecule has 8 heteroatoms. The van der Waals surface area contributed by atoms with Crippen LogP contribution < -0.4 is 10.9 Å². The highest BCUT2D eigenvalue weighted by Gasteiger charge is 2.22. The zero-order valence-electron chi connectivity index (χ0n) is 16.8. The molecule has 1 saturated carbocycles. The zero-order chi connectivity index (χ0) is 21.4. The van der Waals surface area contributed by atoms with Crippen molar-refractivity contribution in [2.75, 3.05) is 0 Å². The molecule has 3 aromatic rings. The van der Waals surface area contributed by atoms with Crippen molar-refractivity contribution in [1.82, 2.24) is 19.9 Å². The molecule has 0 bridgehead atoms. The highest BCUT2D eigenvalue weighted by Crippen LogP contribution is 2.30. The highest BCUT2D eigenvalue weighted by atomic mass is 35.5. The highest BCUT2D eigenvalue weighted by molar-refractivity contribution is 6.34. The summed E-state index contributed by atoms with van der Waals surface area (Å²) < 4.78 is 1.28. The number of halogens is 1. The van der Waals surface area contributed by atoms with E-state index < -0.39 is 0 Å². The van der Waals surface area contributed by atoms with E-state index >= 15 is 0 Å². The van der Waals surface area contributed by atoms with E-state index in [0.29, 0.717) is 27.4 Å². The van der Waals surface area contributed by atoms with Crippen LogP contribution in [-0.2, 0) is 0 Å². The van der Waals surface area contributed by atoms with E-state index in [2.05, 4.69) is 15.4 Å². The zero-order valence-corrected chi connectivity index (χ0v) is 17.6. The topological polar surface area (TPSA) is 103 Å². The summed E-state index contributed by atoms with van der Waals surface area (Å²) in [6.07, 6.45) is 5.70. The van der Waals surface area contributed by atoms with Gasteiger partial charge in [-0.15, -0.1) is 0 Å². The maximum absolute atomic E-state index is 13.0. The second-order valence-corrected chi connectivity index (χ2v) is 8.35. The van der Waals surface area contributed by atoms with Gasteiger partial charge in [-0.1, -0.05) is 44.4 Å². The Morgan fingerprint density at radius 2 is 2.10 bits per heavy atom. The lowest BCUT2D eigenvalue weighted by Gasteiger charge is -2.15. The van der Waals surface area contributed by atoms with Crippen LogP contribution in [0.2, 0.25) is 5.02 Å². The Morgan fingerprint density at radius 3 is 2.73 bits per heavy atom. The van der Waals surface area contributed by atoms with E-state index in [9.17, 15) is 14.9 Å². The van der Waals surface area contributed by atoms with Gasteiger partial charge >= 0.3 is 0 Å². The third-order valence-corrected chi connectivity index (χ3v) is 5.89. The minimum Gasteiger partial charge on any atom is -0.349 e. The van der Waals surface area contributed by atoms with Crippen LogP contribution in [0.3, 0.4) is 0 Å². The Bertz CT molecular complexity index is 1230. The maximum Gasteiger partial charge on any atom is 0.276 e. The van der Waals surface area contributed by atoms with Gasteiger partial charge < -0.3 is 5.32 Å². The van der Waals surface area contributed by atoms with Crippen molar-refractivity contribution in [2.24, 2.45) is 0 Å². The smallest absolute Gasteiger partial charge is 0.276 e. The van der Waals surface area contributed by atoms with E-state index in [1.807, 2.05) is 19.9 Å². The monoisotopic (exact) mass is 423 g/mol. The fourth-order valence-electron chi connectivity index (χ4n) is 4.03. The molecule has 0 spiro atoms. The summed E-state index contributed by atoms with van der Waals surface area (Å²) in [6.45, 7) is 3.82. The molecule has 154 valence electrons. The molecule has 1 amide bonds. The van der Waals surface area contributed by atoms with Gasteiger partial charge in [-0.05, 0) is 30.9 Å². The average Bonchev–Trinajstić information content (AvgIpc) is 3.36. The molecule has 0 unspecified atom stereocenters. The second kappa shape index (κ2) is 7.96. The Morgan fingerprint density at radius 1 is 1.37 bits per heavy atom. The van der Waals surface area contributed by atoms with Gasteiger partial charge in [0, 0.05) is 23.4 Å². The minimum absolute atomic E-state index is 0.102. The standard InChI is InChI=1S/C22H22ClN5O2/c1-12(2)18-19(27-20-14(10-24)11-25-28(20)22(18)30)13-7-8-16(17(23)9-13)21(29)26-15-5-3-4-6-15/h7-9,11-12,15,25H,3-6H2,1-2H3,(H,26,29). The SMILES string of the molecule is CC(C)c1c(-c2ccc(C(=O)NC3CCCC3)c(Cl)c2)nc2c(C#N)c[nH]n2c1=O. The summed E-state index contributed by atoms with van der Waals surface area (Å²) in [6, 6.07) is 7.31. The second-order valence-electron chi connectivity index (χ2n) is 7.94. The number of hydrogen-bond donors (Lipinski definition) is 2. The van der Waals surface area contributed by atoms with Gasteiger partial charge in [0.25, 0.3) is 11.5 Å². The first kappa shape index (κ1) is 20.2. The summed E-state index contributed by atoms with van der Waals surface area (Å²) >= 11 is 6.46. The van der Waals surface area contributed by atoms with Crippen LogP contribution in [0.15, 0.2) is 29.2 Å². The molecule has 0 aliphatic heterocycles. The number of nitrogens with one attached hydrogen (secondary N) is 2. The third-order valence-electron chi connectivity index (χ3n) is 5.57. The van der Waals surface area contributed by atoms with Gasteiger partial charge in [0.2, 0.25) is 0 Å². The van der Waals surface area contributed by atoms with E-state index in [1.165, 1.54) is 10.7 Å². The lowest BCUT2D eigenvalue weighted by molar-refractivity contribution is 0.0938. The third kappa shape index (κ3) is 3.48. The maximum atomic E-state index is 13.0. The van der Waals surface area contributed by atoms with E-state index in [4.69, 9.17) is 11.6 Å². The number of carbonyl (C=O) groups is 1. The number of benzene rings is 1. The van der Waals surface area contributed by atoms with Gasteiger partial charge in [0.1, 0.15) is 11.6 Å². The van der Waals surface area contributed by atoms with E-state index in [1.54, 1.807) is 18.2 Å². The first-order valence-corrected chi connectivity index (χ1v) is 10.4. The molecule has 1 aromatic carbocycles.